The molecule has 1 aliphatic heterocycles. The third-order valence-corrected chi connectivity index (χ3v) is 6.80. The molecule has 154 valence electrons. The average Bonchev–Trinajstić information content (AvgIpc) is 3.04. The van der Waals surface area contributed by atoms with Crippen molar-refractivity contribution >= 4 is 50.9 Å². The van der Waals surface area contributed by atoms with Crippen molar-refractivity contribution in [2.75, 3.05) is 11.9 Å². The van der Waals surface area contributed by atoms with Crippen LogP contribution in [0, 0.1) is 5.92 Å². The van der Waals surface area contributed by atoms with Crippen molar-refractivity contribution in [3.05, 3.63) is 86.8 Å². The predicted octanol–water partition coefficient (Wildman–Crippen LogP) is 6.98. The van der Waals surface area contributed by atoms with Crippen LogP contribution in [0.2, 0.25) is 5.02 Å². The minimum absolute atomic E-state index is 0.481. The number of benzene rings is 2. The Morgan fingerprint density at radius 2 is 1.77 bits per heavy atom. The highest BCUT2D eigenvalue weighted by molar-refractivity contribution is 7.80. The van der Waals surface area contributed by atoms with Crippen LogP contribution < -0.4 is 5.32 Å². The maximum Gasteiger partial charge on any atom is 0.103 e. The topological polar surface area (TPSA) is 24.4 Å². The minimum Gasteiger partial charge on any atom is -0.340 e. The van der Waals surface area contributed by atoms with Gasteiger partial charge >= 0.3 is 0 Å². The van der Waals surface area contributed by atoms with Gasteiger partial charge in [-0.05, 0) is 48.4 Å². The van der Waals surface area contributed by atoms with Gasteiger partial charge in [-0.25, -0.2) is 0 Å². The van der Waals surface area contributed by atoms with Crippen molar-refractivity contribution in [3.8, 4) is 0 Å². The maximum atomic E-state index is 6.48. The zero-order valence-corrected chi connectivity index (χ0v) is 19.6. The van der Waals surface area contributed by atoms with Crippen molar-refractivity contribution < 1.29 is 0 Å². The van der Waals surface area contributed by atoms with Crippen LogP contribution in [-0.4, -0.2) is 17.2 Å². The Hall–Kier alpha value is -2.01. The van der Waals surface area contributed by atoms with Gasteiger partial charge in [-0.3, -0.25) is 4.99 Å². The molecule has 4 rings (SSSR count). The van der Waals surface area contributed by atoms with E-state index in [0.717, 1.165) is 46.1 Å². The molecule has 1 aromatic heterocycles. The molecule has 0 aliphatic carbocycles. The van der Waals surface area contributed by atoms with Gasteiger partial charge in [-0.2, -0.15) is 0 Å². The van der Waals surface area contributed by atoms with Gasteiger partial charge in [-0.15, -0.1) is 11.3 Å². The maximum absolute atomic E-state index is 6.48. The van der Waals surface area contributed by atoms with Crippen LogP contribution >= 0.6 is 35.2 Å². The van der Waals surface area contributed by atoms with Gasteiger partial charge in [0.05, 0.1) is 12.3 Å². The number of nitrogens with one attached hydrogen (secondary N) is 1. The van der Waals surface area contributed by atoms with E-state index in [1.807, 2.05) is 24.3 Å². The Bertz CT molecular complexity index is 1080. The lowest BCUT2D eigenvalue weighted by Crippen LogP contribution is -2.09. The smallest absolute Gasteiger partial charge is 0.103 e. The summed E-state index contributed by atoms with van der Waals surface area (Å²) in [5.74, 6) is 0.685. The van der Waals surface area contributed by atoms with E-state index in [-0.39, 0.29) is 0 Å². The van der Waals surface area contributed by atoms with Crippen molar-refractivity contribution in [2.24, 2.45) is 10.9 Å². The Labute approximate surface area is 193 Å². The van der Waals surface area contributed by atoms with Gasteiger partial charge in [0.2, 0.25) is 0 Å². The second kappa shape index (κ2) is 9.42. The molecule has 0 fully saturated rings. The van der Waals surface area contributed by atoms with Crippen LogP contribution in [0.25, 0.3) is 0 Å². The monoisotopic (exact) mass is 452 g/mol. The summed E-state index contributed by atoms with van der Waals surface area (Å²) < 4.78 is 0. The van der Waals surface area contributed by atoms with Gasteiger partial charge in [0, 0.05) is 21.0 Å². The second-order valence-corrected chi connectivity index (χ2v) is 10.1. The molecular weight excluding hydrogens is 428 g/mol. The number of hydrogen-bond acceptors (Lipinski definition) is 3. The number of nitrogens with zero attached hydrogens (tertiary/aromatic N) is 1. The zero-order valence-electron chi connectivity index (χ0n) is 17.2. The van der Waals surface area contributed by atoms with Gasteiger partial charge in [0.1, 0.15) is 9.99 Å². The summed E-state index contributed by atoms with van der Waals surface area (Å²) in [4.78, 5) is 6.84. The number of hydrogen-bond donors (Lipinski definition) is 1. The molecule has 2 heterocycles. The molecule has 1 aliphatic rings. The predicted molar refractivity (Wildman–Crippen MR) is 135 cm³/mol. The van der Waals surface area contributed by atoms with E-state index in [2.05, 4.69) is 49.5 Å². The van der Waals surface area contributed by atoms with Crippen molar-refractivity contribution in [3.63, 3.8) is 0 Å². The second-order valence-electron chi connectivity index (χ2n) is 8.06. The van der Waals surface area contributed by atoms with E-state index >= 15 is 0 Å². The number of aryl methyl sites for hydroxylation is 2. The molecule has 0 atom stereocenters. The lowest BCUT2D eigenvalue weighted by atomic mass is 10.00. The first-order valence-corrected chi connectivity index (χ1v) is 11.9. The van der Waals surface area contributed by atoms with Crippen LogP contribution in [0.15, 0.2) is 59.6 Å². The number of aliphatic imine (C=N–C) groups is 1. The Kier molecular flexibility index (Phi) is 6.67. The fourth-order valence-corrected chi connectivity index (χ4v) is 5.24. The number of anilines is 1. The average molecular weight is 453 g/mol. The minimum atomic E-state index is 0.481. The van der Waals surface area contributed by atoms with Crippen molar-refractivity contribution in [1.82, 2.24) is 0 Å². The van der Waals surface area contributed by atoms with Gasteiger partial charge < -0.3 is 5.32 Å². The molecule has 0 saturated carbocycles. The third kappa shape index (κ3) is 5.00. The van der Waals surface area contributed by atoms with Crippen LogP contribution in [0.5, 0.6) is 0 Å². The summed E-state index contributed by atoms with van der Waals surface area (Å²) in [5.41, 5.74) is 5.75. The molecule has 2 nitrogen and oxygen atoms in total. The molecule has 1 N–H and O–H groups in total. The van der Waals surface area contributed by atoms with E-state index in [1.165, 1.54) is 16.0 Å². The largest absolute Gasteiger partial charge is 0.340 e. The van der Waals surface area contributed by atoms with Crippen LogP contribution in [-0.2, 0) is 19.3 Å². The first-order chi connectivity index (χ1) is 14.5. The van der Waals surface area contributed by atoms with Gasteiger partial charge in [0.25, 0.3) is 0 Å². The van der Waals surface area contributed by atoms with E-state index in [1.54, 1.807) is 11.3 Å². The fraction of sp³-hybridized carbons (Fsp3) is 0.280. The Balaban J connectivity index is 1.55. The molecule has 30 heavy (non-hydrogen) atoms. The van der Waals surface area contributed by atoms with Crippen molar-refractivity contribution in [2.45, 2.75) is 33.1 Å². The number of fused-ring (bicyclic) bond motifs is 1. The zero-order chi connectivity index (χ0) is 21.1. The summed E-state index contributed by atoms with van der Waals surface area (Å²) in [6.45, 7) is 5.00. The molecule has 5 heteroatoms. The molecule has 0 amide bonds. The molecule has 0 radical (unpaired) electrons. The number of thiocarbonyl (C=S) groups is 1. The Morgan fingerprint density at radius 1 is 1.03 bits per heavy atom. The molecule has 0 saturated heterocycles. The molecule has 0 spiro atoms. The van der Waals surface area contributed by atoms with Crippen LogP contribution in [0.1, 0.15) is 41.0 Å². The standard InChI is InChI=1S/C25H25ClN2S2/c1-16(2)13-18-9-7-17(8-10-18)11-12-19-14-21-24(20-5-3-4-6-22(20)26)27-15-23(29)28-25(21)30-19/h3-10,14,16H,11-13,15H2,1-2H3,(H,28,29). The fourth-order valence-electron chi connectivity index (χ4n) is 3.70. The number of rotatable bonds is 6. The van der Waals surface area contributed by atoms with Crippen LogP contribution in [0.3, 0.4) is 0 Å². The van der Waals surface area contributed by atoms with E-state index in [9.17, 15) is 0 Å². The molecule has 2 aromatic carbocycles. The van der Waals surface area contributed by atoms with Gasteiger partial charge in [0.15, 0.2) is 0 Å². The lowest BCUT2D eigenvalue weighted by Gasteiger charge is -2.07. The SMILES string of the molecule is CC(C)Cc1ccc(CCc2cc3c(s2)NC(=S)CN=C3c2ccccc2Cl)cc1. The quantitative estimate of drug-likeness (QED) is 0.408. The lowest BCUT2D eigenvalue weighted by molar-refractivity contribution is 0.647. The van der Waals surface area contributed by atoms with Crippen molar-refractivity contribution in [1.29, 1.82) is 0 Å². The summed E-state index contributed by atoms with van der Waals surface area (Å²) in [6.07, 6.45) is 3.14. The molecule has 3 aromatic rings. The number of halogens is 1. The summed E-state index contributed by atoms with van der Waals surface area (Å²) in [5, 5.41) is 5.16. The van der Waals surface area contributed by atoms with E-state index in [0.29, 0.717) is 17.5 Å². The molecular formula is C25H25ClN2S2. The third-order valence-electron chi connectivity index (χ3n) is 5.13. The summed E-state index contributed by atoms with van der Waals surface area (Å²) >= 11 is 13.7. The van der Waals surface area contributed by atoms with Gasteiger partial charge in [-0.1, -0.05) is 80.1 Å². The normalized spacial score (nSPS) is 13.6. The van der Waals surface area contributed by atoms with Crippen LogP contribution in [0.4, 0.5) is 5.00 Å². The van der Waals surface area contributed by atoms with E-state index in [4.69, 9.17) is 28.8 Å². The summed E-state index contributed by atoms with van der Waals surface area (Å²) in [6, 6.07) is 19.2. The first-order valence-electron chi connectivity index (χ1n) is 10.3. The summed E-state index contributed by atoms with van der Waals surface area (Å²) in [7, 11) is 0. The highest BCUT2D eigenvalue weighted by atomic mass is 35.5. The highest BCUT2D eigenvalue weighted by Crippen LogP contribution is 2.34. The molecule has 0 unspecified atom stereocenters. The van der Waals surface area contributed by atoms with E-state index < -0.39 is 0 Å². The highest BCUT2D eigenvalue weighted by Gasteiger charge is 2.21. The Morgan fingerprint density at radius 3 is 2.50 bits per heavy atom. The molecule has 0 bridgehead atoms. The first kappa shape index (κ1) is 21.2. The number of thiophene rings is 1.